The molecule has 3 rings (SSSR count). The van der Waals surface area contributed by atoms with Gasteiger partial charge in [0.05, 0.1) is 11.6 Å². The second-order valence-electron chi connectivity index (χ2n) is 4.69. The molecule has 0 amide bonds. The summed E-state index contributed by atoms with van der Waals surface area (Å²) in [6.07, 6.45) is 3.76. The number of benzene rings is 1. The molecule has 0 saturated heterocycles. The summed E-state index contributed by atoms with van der Waals surface area (Å²) in [7, 11) is 0. The molecule has 2 aromatic heterocycles. The first-order valence-corrected chi connectivity index (χ1v) is 7.71. The number of oxazole rings is 1. The second-order valence-corrected chi connectivity index (χ2v) is 5.61. The Kier molecular flexibility index (Phi) is 4.08. The van der Waals surface area contributed by atoms with Crippen molar-refractivity contribution in [1.29, 1.82) is 0 Å². The molecule has 1 N–H and O–H groups in total. The SMILES string of the molecule is CCCNC(Cc1nc2ccccc2o1)c1cncs1. The summed E-state index contributed by atoms with van der Waals surface area (Å²) in [5, 5.41) is 3.54. The molecule has 3 aromatic rings. The summed E-state index contributed by atoms with van der Waals surface area (Å²) >= 11 is 1.66. The van der Waals surface area contributed by atoms with Crippen LogP contribution in [0.1, 0.15) is 30.2 Å². The van der Waals surface area contributed by atoms with Crippen LogP contribution in [-0.2, 0) is 6.42 Å². The number of para-hydroxylation sites is 2. The van der Waals surface area contributed by atoms with Gasteiger partial charge in [-0.05, 0) is 25.1 Å². The summed E-state index contributed by atoms with van der Waals surface area (Å²) in [6, 6.07) is 8.09. The Labute approximate surface area is 121 Å². The van der Waals surface area contributed by atoms with Crippen molar-refractivity contribution < 1.29 is 4.42 Å². The van der Waals surface area contributed by atoms with Crippen molar-refractivity contribution in [3.05, 3.63) is 46.7 Å². The number of nitrogens with zero attached hydrogens (tertiary/aromatic N) is 2. The first-order valence-electron chi connectivity index (χ1n) is 6.83. The van der Waals surface area contributed by atoms with Gasteiger partial charge in [-0.3, -0.25) is 4.98 Å². The average Bonchev–Trinajstić information content (AvgIpc) is 3.11. The molecule has 5 heteroatoms. The van der Waals surface area contributed by atoms with Crippen LogP contribution in [0.25, 0.3) is 11.1 Å². The predicted molar refractivity (Wildman–Crippen MR) is 80.9 cm³/mol. The Morgan fingerprint density at radius 3 is 3.00 bits per heavy atom. The molecule has 20 heavy (non-hydrogen) atoms. The van der Waals surface area contributed by atoms with Crippen LogP contribution in [-0.4, -0.2) is 16.5 Å². The lowest BCUT2D eigenvalue weighted by Gasteiger charge is -2.14. The van der Waals surface area contributed by atoms with Gasteiger partial charge in [-0.25, -0.2) is 4.98 Å². The molecule has 0 saturated carbocycles. The van der Waals surface area contributed by atoms with Gasteiger partial charge in [-0.2, -0.15) is 0 Å². The predicted octanol–water partition coefficient (Wildman–Crippen LogP) is 3.57. The van der Waals surface area contributed by atoms with E-state index in [4.69, 9.17) is 4.42 Å². The smallest absolute Gasteiger partial charge is 0.197 e. The molecule has 1 aromatic carbocycles. The molecule has 0 aliphatic heterocycles. The average molecular weight is 287 g/mol. The van der Waals surface area contributed by atoms with Crippen LogP contribution >= 0.6 is 11.3 Å². The normalized spacial score (nSPS) is 12.8. The number of rotatable bonds is 6. The molecular formula is C15H17N3OS. The van der Waals surface area contributed by atoms with E-state index in [0.717, 1.165) is 36.4 Å². The highest BCUT2D eigenvalue weighted by Gasteiger charge is 2.16. The van der Waals surface area contributed by atoms with Gasteiger partial charge in [-0.15, -0.1) is 11.3 Å². The van der Waals surface area contributed by atoms with E-state index >= 15 is 0 Å². The van der Waals surface area contributed by atoms with E-state index in [1.165, 1.54) is 4.88 Å². The van der Waals surface area contributed by atoms with E-state index in [2.05, 4.69) is 22.2 Å². The Hall–Kier alpha value is -1.72. The summed E-state index contributed by atoms with van der Waals surface area (Å²) < 4.78 is 5.81. The zero-order valence-electron chi connectivity index (χ0n) is 11.4. The van der Waals surface area contributed by atoms with E-state index in [0.29, 0.717) is 0 Å². The molecule has 1 unspecified atom stereocenters. The fourth-order valence-corrected chi connectivity index (χ4v) is 2.87. The second kappa shape index (κ2) is 6.15. The van der Waals surface area contributed by atoms with Crippen molar-refractivity contribution in [2.45, 2.75) is 25.8 Å². The van der Waals surface area contributed by atoms with Crippen molar-refractivity contribution >= 4 is 22.4 Å². The van der Waals surface area contributed by atoms with Gasteiger partial charge < -0.3 is 9.73 Å². The third-order valence-electron chi connectivity index (χ3n) is 3.15. The van der Waals surface area contributed by atoms with E-state index in [1.54, 1.807) is 11.3 Å². The van der Waals surface area contributed by atoms with Gasteiger partial charge >= 0.3 is 0 Å². The molecule has 0 spiro atoms. The van der Waals surface area contributed by atoms with Gasteiger partial charge in [0.25, 0.3) is 0 Å². The number of hydrogen-bond acceptors (Lipinski definition) is 5. The van der Waals surface area contributed by atoms with Crippen molar-refractivity contribution in [3.8, 4) is 0 Å². The monoisotopic (exact) mass is 287 g/mol. The minimum Gasteiger partial charge on any atom is -0.441 e. The maximum atomic E-state index is 5.81. The minimum atomic E-state index is 0.218. The number of hydrogen-bond donors (Lipinski definition) is 1. The molecule has 2 heterocycles. The first-order chi connectivity index (χ1) is 9.86. The summed E-state index contributed by atoms with van der Waals surface area (Å²) in [6.45, 7) is 3.14. The van der Waals surface area contributed by atoms with Crippen LogP contribution in [0.2, 0.25) is 0 Å². The largest absolute Gasteiger partial charge is 0.441 e. The number of fused-ring (bicyclic) bond motifs is 1. The highest BCUT2D eigenvalue weighted by atomic mass is 32.1. The van der Waals surface area contributed by atoms with Crippen LogP contribution in [0.5, 0.6) is 0 Å². The summed E-state index contributed by atoms with van der Waals surface area (Å²) in [5.41, 5.74) is 3.63. The fourth-order valence-electron chi connectivity index (χ4n) is 2.17. The summed E-state index contributed by atoms with van der Waals surface area (Å²) in [5.74, 6) is 0.771. The van der Waals surface area contributed by atoms with Gasteiger partial charge in [-0.1, -0.05) is 19.1 Å². The molecule has 0 radical (unpaired) electrons. The topological polar surface area (TPSA) is 51.0 Å². The molecule has 0 fully saturated rings. The molecular weight excluding hydrogens is 270 g/mol. The van der Waals surface area contributed by atoms with Crippen LogP contribution in [0.15, 0.2) is 40.4 Å². The Morgan fingerprint density at radius 1 is 1.35 bits per heavy atom. The molecule has 4 nitrogen and oxygen atoms in total. The van der Waals surface area contributed by atoms with E-state index < -0.39 is 0 Å². The molecule has 0 aliphatic rings. The molecule has 1 atom stereocenters. The highest BCUT2D eigenvalue weighted by molar-refractivity contribution is 7.09. The molecule has 104 valence electrons. The van der Waals surface area contributed by atoms with Gasteiger partial charge in [0.15, 0.2) is 11.5 Å². The van der Waals surface area contributed by atoms with E-state index in [9.17, 15) is 0 Å². The van der Waals surface area contributed by atoms with Crippen molar-refractivity contribution in [3.63, 3.8) is 0 Å². The Bertz CT molecular complexity index is 630. The third kappa shape index (κ3) is 2.89. The van der Waals surface area contributed by atoms with Crippen LogP contribution in [0.3, 0.4) is 0 Å². The lowest BCUT2D eigenvalue weighted by molar-refractivity contribution is 0.457. The van der Waals surface area contributed by atoms with E-state index in [-0.39, 0.29) is 6.04 Å². The lowest BCUT2D eigenvalue weighted by Crippen LogP contribution is -2.23. The Morgan fingerprint density at radius 2 is 2.25 bits per heavy atom. The van der Waals surface area contributed by atoms with Crippen LogP contribution in [0, 0.1) is 0 Å². The van der Waals surface area contributed by atoms with E-state index in [1.807, 2.05) is 36.0 Å². The van der Waals surface area contributed by atoms with Gasteiger partial charge in [0.1, 0.15) is 5.52 Å². The zero-order valence-corrected chi connectivity index (χ0v) is 12.2. The minimum absolute atomic E-state index is 0.218. The molecule has 0 aliphatic carbocycles. The van der Waals surface area contributed by atoms with Gasteiger partial charge in [0, 0.05) is 17.5 Å². The Balaban J connectivity index is 1.81. The highest BCUT2D eigenvalue weighted by Crippen LogP contribution is 2.23. The maximum Gasteiger partial charge on any atom is 0.197 e. The first kappa shape index (κ1) is 13.3. The quantitative estimate of drug-likeness (QED) is 0.753. The zero-order chi connectivity index (χ0) is 13.8. The van der Waals surface area contributed by atoms with Crippen molar-refractivity contribution in [1.82, 2.24) is 15.3 Å². The van der Waals surface area contributed by atoms with Crippen LogP contribution in [0.4, 0.5) is 0 Å². The third-order valence-corrected chi connectivity index (χ3v) is 4.04. The standard InChI is InChI=1S/C15H17N3OS/c1-2-7-17-12(14-9-16-10-20-14)8-15-18-11-5-3-4-6-13(11)19-15/h3-6,9-10,12,17H,2,7-8H2,1H3. The maximum absolute atomic E-state index is 5.81. The number of thiazole rings is 1. The number of aromatic nitrogens is 2. The van der Waals surface area contributed by atoms with Crippen molar-refractivity contribution in [2.24, 2.45) is 0 Å². The lowest BCUT2D eigenvalue weighted by atomic mass is 10.2. The number of nitrogens with one attached hydrogen (secondary N) is 1. The van der Waals surface area contributed by atoms with Crippen LogP contribution < -0.4 is 5.32 Å². The molecule has 0 bridgehead atoms. The summed E-state index contributed by atoms with van der Waals surface area (Å²) in [4.78, 5) is 9.93. The van der Waals surface area contributed by atoms with Gasteiger partial charge in [0.2, 0.25) is 0 Å². The fraction of sp³-hybridized carbons (Fsp3) is 0.333. The van der Waals surface area contributed by atoms with Crippen molar-refractivity contribution in [2.75, 3.05) is 6.54 Å².